The molecule has 0 unspecified atom stereocenters. The maximum Gasteiger partial charge on any atom is 0.258 e. The zero-order valence-corrected chi connectivity index (χ0v) is 9.04. The van der Waals surface area contributed by atoms with E-state index in [0.717, 1.165) is 11.4 Å². The first-order valence-corrected chi connectivity index (χ1v) is 5.38. The molecule has 76 valence electrons. The number of carbonyl (C=O) groups is 1. The minimum atomic E-state index is -0.104. The Hall–Kier alpha value is -1.68. The molecule has 0 saturated carbocycles. The highest BCUT2D eigenvalue weighted by molar-refractivity contribution is 7.04. The minimum Gasteiger partial charge on any atom is -0.322 e. The molecule has 1 aromatic carbocycles. The fourth-order valence-electron chi connectivity index (χ4n) is 1.23. The van der Waals surface area contributed by atoms with Crippen LogP contribution in [-0.2, 0) is 0 Å². The van der Waals surface area contributed by atoms with Crippen molar-refractivity contribution in [3.05, 3.63) is 47.0 Å². The van der Waals surface area contributed by atoms with Gasteiger partial charge in [0.2, 0.25) is 0 Å². The summed E-state index contributed by atoms with van der Waals surface area (Å²) in [6, 6.07) is 9.38. The number of aromatic nitrogens is 1. The van der Waals surface area contributed by atoms with Crippen molar-refractivity contribution in [2.24, 2.45) is 0 Å². The van der Waals surface area contributed by atoms with Gasteiger partial charge in [-0.05, 0) is 30.6 Å². The van der Waals surface area contributed by atoms with Crippen molar-refractivity contribution < 1.29 is 4.79 Å². The molecule has 0 aliphatic rings. The van der Waals surface area contributed by atoms with E-state index in [2.05, 4.69) is 9.69 Å². The predicted octanol–water partition coefficient (Wildman–Crippen LogP) is 2.70. The Morgan fingerprint density at radius 3 is 2.67 bits per heavy atom. The van der Waals surface area contributed by atoms with E-state index in [1.54, 1.807) is 5.38 Å². The molecule has 2 aromatic rings. The number of benzene rings is 1. The molecule has 1 aromatic heterocycles. The molecule has 2 rings (SSSR count). The number of nitrogens with one attached hydrogen (secondary N) is 1. The van der Waals surface area contributed by atoms with Gasteiger partial charge in [0, 0.05) is 11.1 Å². The van der Waals surface area contributed by atoms with Crippen LogP contribution in [-0.4, -0.2) is 10.3 Å². The van der Waals surface area contributed by atoms with Gasteiger partial charge in [-0.1, -0.05) is 18.2 Å². The first-order chi connectivity index (χ1) is 7.27. The van der Waals surface area contributed by atoms with E-state index in [0.29, 0.717) is 5.56 Å². The van der Waals surface area contributed by atoms with Crippen molar-refractivity contribution in [1.82, 2.24) is 4.37 Å². The third kappa shape index (κ3) is 2.22. The maximum absolute atomic E-state index is 11.8. The molecular weight excluding hydrogens is 208 g/mol. The number of aryl methyl sites for hydroxylation is 1. The van der Waals surface area contributed by atoms with Gasteiger partial charge in [-0.2, -0.15) is 4.37 Å². The van der Waals surface area contributed by atoms with E-state index in [-0.39, 0.29) is 5.91 Å². The summed E-state index contributed by atoms with van der Waals surface area (Å²) in [6.45, 7) is 1.83. The van der Waals surface area contributed by atoms with E-state index in [1.807, 2.05) is 37.3 Å². The Morgan fingerprint density at radius 1 is 1.33 bits per heavy atom. The topological polar surface area (TPSA) is 42.0 Å². The van der Waals surface area contributed by atoms with Gasteiger partial charge in [-0.25, -0.2) is 0 Å². The highest BCUT2D eigenvalue weighted by atomic mass is 32.1. The number of hydrogen-bond donors (Lipinski definition) is 1. The highest BCUT2D eigenvalue weighted by Crippen LogP contribution is 2.12. The van der Waals surface area contributed by atoms with Crippen LogP contribution in [0, 0.1) is 6.92 Å². The van der Waals surface area contributed by atoms with Crippen LogP contribution in [0.5, 0.6) is 0 Å². The molecule has 0 saturated heterocycles. The van der Waals surface area contributed by atoms with Crippen molar-refractivity contribution in [3.63, 3.8) is 0 Å². The highest BCUT2D eigenvalue weighted by Gasteiger charge is 2.10. The number of hydrogen-bond acceptors (Lipinski definition) is 3. The standard InChI is InChI=1S/C11H10N2OS/c1-8-10(7-15-13-8)11(14)12-9-5-3-2-4-6-9/h2-7H,1H3,(H,12,14). The summed E-state index contributed by atoms with van der Waals surface area (Å²) in [6.07, 6.45) is 0. The molecule has 0 atom stereocenters. The number of rotatable bonds is 2. The molecule has 0 bridgehead atoms. The number of carbonyl (C=O) groups excluding carboxylic acids is 1. The van der Waals surface area contributed by atoms with Crippen LogP contribution in [0.15, 0.2) is 35.7 Å². The summed E-state index contributed by atoms with van der Waals surface area (Å²) in [5.41, 5.74) is 2.21. The summed E-state index contributed by atoms with van der Waals surface area (Å²) >= 11 is 1.29. The summed E-state index contributed by atoms with van der Waals surface area (Å²) in [7, 11) is 0. The molecule has 3 nitrogen and oxygen atoms in total. The Bertz CT molecular complexity index is 464. The van der Waals surface area contributed by atoms with Crippen LogP contribution in [0.25, 0.3) is 0 Å². The van der Waals surface area contributed by atoms with Crippen molar-refractivity contribution in [2.45, 2.75) is 6.92 Å². The monoisotopic (exact) mass is 218 g/mol. The molecule has 0 radical (unpaired) electrons. The molecule has 0 aliphatic heterocycles. The van der Waals surface area contributed by atoms with Crippen LogP contribution < -0.4 is 5.32 Å². The third-order valence-electron chi connectivity index (χ3n) is 2.03. The van der Waals surface area contributed by atoms with Crippen molar-refractivity contribution in [2.75, 3.05) is 5.32 Å². The zero-order chi connectivity index (χ0) is 10.7. The predicted molar refractivity (Wildman–Crippen MR) is 61.2 cm³/mol. The van der Waals surface area contributed by atoms with E-state index >= 15 is 0 Å². The van der Waals surface area contributed by atoms with Crippen molar-refractivity contribution in [3.8, 4) is 0 Å². The number of nitrogens with zero attached hydrogens (tertiary/aromatic N) is 1. The van der Waals surface area contributed by atoms with Gasteiger partial charge >= 0.3 is 0 Å². The second-order valence-corrected chi connectivity index (χ2v) is 3.76. The quantitative estimate of drug-likeness (QED) is 0.842. The summed E-state index contributed by atoms with van der Waals surface area (Å²) in [4.78, 5) is 11.8. The van der Waals surface area contributed by atoms with Crippen LogP contribution in [0.1, 0.15) is 16.1 Å². The molecule has 1 heterocycles. The molecule has 0 fully saturated rings. The average Bonchev–Trinajstić information content (AvgIpc) is 2.66. The average molecular weight is 218 g/mol. The van der Waals surface area contributed by atoms with Crippen molar-refractivity contribution in [1.29, 1.82) is 0 Å². The molecular formula is C11H10N2OS. The number of anilines is 1. The van der Waals surface area contributed by atoms with Gasteiger partial charge in [0.05, 0.1) is 11.3 Å². The Labute approximate surface area is 91.9 Å². The lowest BCUT2D eigenvalue weighted by molar-refractivity contribution is 0.102. The smallest absolute Gasteiger partial charge is 0.258 e. The summed E-state index contributed by atoms with van der Waals surface area (Å²) < 4.78 is 4.06. The lowest BCUT2D eigenvalue weighted by Crippen LogP contribution is -2.11. The number of para-hydroxylation sites is 1. The first kappa shape index (κ1) is 9.86. The second-order valence-electron chi connectivity index (χ2n) is 3.13. The number of amides is 1. The summed E-state index contributed by atoms with van der Waals surface area (Å²) in [5.74, 6) is -0.104. The molecule has 1 N–H and O–H groups in total. The van der Waals surface area contributed by atoms with Crippen LogP contribution in [0.3, 0.4) is 0 Å². The van der Waals surface area contributed by atoms with Gasteiger partial charge in [0.15, 0.2) is 0 Å². The normalized spacial score (nSPS) is 9.93. The third-order valence-corrected chi connectivity index (χ3v) is 2.75. The SMILES string of the molecule is Cc1nscc1C(=O)Nc1ccccc1. The molecule has 0 spiro atoms. The summed E-state index contributed by atoms with van der Waals surface area (Å²) in [5, 5.41) is 4.57. The van der Waals surface area contributed by atoms with Crippen molar-refractivity contribution >= 4 is 23.1 Å². The lowest BCUT2D eigenvalue weighted by Gasteiger charge is -2.03. The van der Waals surface area contributed by atoms with Gasteiger partial charge in [0.1, 0.15) is 0 Å². The molecule has 4 heteroatoms. The zero-order valence-electron chi connectivity index (χ0n) is 8.23. The van der Waals surface area contributed by atoms with Gasteiger partial charge in [-0.3, -0.25) is 4.79 Å². The van der Waals surface area contributed by atoms with E-state index in [1.165, 1.54) is 11.5 Å². The van der Waals surface area contributed by atoms with Crippen LogP contribution in [0.4, 0.5) is 5.69 Å². The molecule has 15 heavy (non-hydrogen) atoms. The fourth-order valence-corrected chi connectivity index (χ4v) is 1.92. The molecule has 1 amide bonds. The van der Waals surface area contributed by atoms with Gasteiger partial charge < -0.3 is 5.32 Å². The first-order valence-electron chi connectivity index (χ1n) is 4.55. The minimum absolute atomic E-state index is 0.104. The van der Waals surface area contributed by atoms with Gasteiger partial charge in [0.25, 0.3) is 5.91 Å². The van der Waals surface area contributed by atoms with Crippen LogP contribution in [0.2, 0.25) is 0 Å². The Morgan fingerprint density at radius 2 is 2.07 bits per heavy atom. The van der Waals surface area contributed by atoms with E-state index in [4.69, 9.17) is 0 Å². The molecule has 0 aliphatic carbocycles. The maximum atomic E-state index is 11.8. The van der Waals surface area contributed by atoms with E-state index in [9.17, 15) is 4.79 Å². The lowest BCUT2D eigenvalue weighted by atomic mass is 10.2. The van der Waals surface area contributed by atoms with Gasteiger partial charge in [-0.15, -0.1) is 0 Å². The Kier molecular flexibility index (Phi) is 2.78. The Balaban J connectivity index is 2.15. The second kappa shape index (κ2) is 4.23. The largest absolute Gasteiger partial charge is 0.322 e. The van der Waals surface area contributed by atoms with Crippen LogP contribution >= 0.6 is 11.5 Å². The fraction of sp³-hybridized carbons (Fsp3) is 0.0909. The van der Waals surface area contributed by atoms with E-state index < -0.39 is 0 Å².